The molecule has 1 saturated heterocycles. The van der Waals surface area contributed by atoms with Gasteiger partial charge in [0.15, 0.2) is 0 Å². The van der Waals surface area contributed by atoms with Gasteiger partial charge >= 0.3 is 0 Å². The molecule has 4 nitrogen and oxygen atoms in total. The van der Waals surface area contributed by atoms with Crippen molar-refractivity contribution in [3.8, 4) is 0 Å². The summed E-state index contributed by atoms with van der Waals surface area (Å²) >= 11 is 0. The van der Waals surface area contributed by atoms with Crippen LogP contribution in [0, 0.1) is 5.92 Å². The van der Waals surface area contributed by atoms with E-state index >= 15 is 0 Å². The third-order valence-electron chi connectivity index (χ3n) is 3.70. The quantitative estimate of drug-likeness (QED) is 0.641. The van der Waals surface area contributed by atoms with E-state index in [0.29, 0.717) is 12.5 Å². The summed E-state index contributed by atoms with van der Waals surface area (Å²) in [5, 5.41) is 6.21. The average Bonchev–Trinajstić information content (AvgIpc) is 2.81. The molecule has 1 fully saturated rings. The fraction of sp³-hybridized carbons (Fsp3) is 0.929. The normalized spacial score (nSPS) is 18.2. The van der Waals surface area contributed by atoms with Crippen LogP contribution in [-0.2, 0) is 4.79 Å². The van der Waals surface area contributed by atoms with Gasteiger partial charge in [-0.15, -0.1) is 0 Å². The first-order chi connectivity index (χ1) is 8.59. The number of nitrogens with one attached hydrogen (secondary N) is 2. The highest BCUT2D eigenvalue weighted by molar-refractivity contribution is 5.78. The van der Waals surface area contributed by atoms with Gasteiger partial charge in [0.2, 0.25) is 5.91 Å². The third kappa shape index (κ3) is 6.36. The highest BCUT2D eigenvalue weighted by atomic mass is 16.1. The lowest BCUT2D eigenvalue weighted by Crippen LogP contribution is -2.41. The lowest BCUT2D eigenvalue weighted by Gasteiger charge is -2.18. The van der Waals surface area contributed by atoms with E-state index in [-0.39, 0.29) is 11.9 Å². The van der Waals surface area contributed by atoms with Crippen molar-refractivity contribution < 1.29 is 4.79 Å². The molecule has 1 unspecified atom stereocenters. The Labute approximate surface area is 111 Å². The Hall–Kier alpha value is -0.610. The summed E-state index contributed by atoms with van der Waals surface area (Å²) in [6.07, 6.45) is 3.83. The molecule has 18 heavy (non-hydrogen) atoms. The maximum atomic E-state index is 11.6. The highest BCUT2D eigenvalue weighted by Crippen LogP contribution is 2.06. The second-order valence-electron chi connectivity index (χ2n) is 5.68. The number of hydrogen-bond acceptors (Lipinski definition) is 3. The van der Waals surface area contributed by atoms with Crippen molar-refractivity contribution in [3.63, 3.8) is 0 Å². The molecule has 4 heteroatoms. The summed E-state index contributed by atoms with van der Waals surface area (Å²) in [7, 11) is 0. The van der Waals surface area contributed by atoms with E-state index < -0.39 is 0 Å². The van der Waals surface area contributed by atoms with Crippen molar-refractivity contribution in [2.75, 3.05) is 32.7 Å². The predicted molar refractivity (Wildman–Crippen MR) is 75.6 cm³/mol. The van der Waals surface area contributed by atoms with Crippen LogP contribution in [0.5, 0.6) is 0 Å². The van der Waals surface area contributed by atoms with Crippen LogP contribution in [0.15, 0.2) is 0 Å². The van der Waals surface area contributed by atoms with Gasteiger partial charge in [-0.2, -0.15) is 0 Å². The second kappa shape index (κ2) is 8.48. The van der Waals surface area contributed by atoms with Gasteiger partial charge in [0, 0.05) is 6.04 Å². The molecule has 1 aliphatic rings. The van der Waals surface area contributed by atoms with E-state index in [4.69, 9.17) is 0 Å². The van der Waals surface area contributed by atoms with Crippen LogP contribution in [0.4, 0.5) is 0 Å². The predicted octanol–water partition coefficient (Wildman–Crippen LogP) is 1.22. The monoisotopic (exact) mass is 255 g/mol. The number of hydrogen-bond donors (Lipinski definition) is 2. The van der Waals surface area contributed by atoms with Gasteiger partial charge in [-0.25, -0.2) is 0 Å². The zero-order valence-electron chi connectivity index (χ0n) is 12.2. The van der Waals surface area contributed by atoms with Gasteiger partial charge in [0.1, 0.15) is 0 Å². The zero-order valence-corrected chi connectivity index (χ0v) is 12.2. The number of carbonyl (C=O) groups excluding carboxylic acids is 1. The number of amides is 1. The van der Waals surface area contributed by atoms with Gasteiger partial charge in [0.25, 0.3) is 0 Å². The minimum Gasteiger partial charge on any atom is -0.352 e. The van der Waals surface area contributed by atoms with Crippen molar-refractivity contribution in [2.45, 2.75) is 46.1 Å². The van der Waals surface area contributed by atoms with Crippen LogP contribution in [0.1, 0.15) is 40.0 Å². The fourth-order valence-corrected chi connectivity index (χ4v) is 2.11. The SMILES string of the molecule is CC(C)C(C)NC(=O)CNCCCN1CCCC1. The molecule has 106 valence electrons. The Morgan fingerprint density at radius 1 is 1.22 bits per heavy atom. The summed E-state index contributed by atoms with van der Waals surface area (Å²) in [4.78, 5) is 14.1. The molecular weight excluding hydrogens is 226 g/mol. The van der Waals surface area contributed by atoms with Gasteiger partial charge in [0.05, 0.1) is 6.54 Å². The number of rotatable bonds is 8. The summed E-state index contributed by atoms with van der Waals surface area (Å²) < 4.78 is 0. The van der Waals surface area contributed by atoms with Crippen molar-refractivity contribution in [3.05, 3.63) is 0 Å². The molecule has 0 aromatic rings. The first-order valence-corrected chi connectivity index (χ1v) is 7.32. The van der Waals surface area contributed by atoms with E-state index in [1.165, 1.54) is 25.9 Å². The molecule has 0 aromatic heterocycles. The van der Waals surface area contributed by atoms with Gasteiger partial charge < -0.3 is 15.5 Å². The second-order valence-corrected chi connectivity index (χ2v) is 5.68. The Balaban J connectivity index is 1.95. The largest absolute Gasteiger partial charge is 0.352 e. The molecule has 0 aliphatic carbocycles. The van der Waals surface area contributed by atoms with Crippen molar-refractivity contribution in [2.24, 2.45) is 5.92 Å². The van der Waals surface area contributed by atoms with Crippen LogP contribution in [-0.4, -0.2) is 49.6 Å². The van der Waals surface area contributed by atoms with Crippen LogP contribution >= 0.6 is 0 Å². The summed E-state index contributed by atoms with van der Waals surface area (Å²) in [5.41, 5.74) is 0. The molecule has 2 N–H and O–H groups in total. The zero-order chi connectivity index (χ0) is 13.4. The van der Waals surface area contributed by atoms with Gasteiger partial charge in [-0.05, 0) is 58.3 Å². The number of carbonyl (C=O) groups is 1. The summed E-state index contributed by atoms with van der Waals surface area (Å²) in [6.45, 7) is 11.3. The van der Waals surface area contributed by atoms with Crippen LogP contribution in [0.3, 0.4) is 0 Å². The molecule has 0 saturated carbocycles. The minimum absolute atomic E-state index is 0.109. The molecule has 1 amide bonds. The van der Waals surface area contributed by atoms with E-state index in [1.807, 2.05) is 0 Å². The smallest absolute Gasteiger partial charge is 0.234 e. The van der Waals surface area contributed by atoms with Crippen LogP contribution < -0.4 is 10.6 Å². The highest BCUT2D eigenvalue weighted by Gasteiger charge is 2.11. The molecule has 1 aliphatic heterocycles. The van der Waals surface area contributed by atoms with Crippen LogP contribution in [0.2, 0.25) is 0 Å². The first kappa shape index (κ1) is 15.4. The van der Waals surface area contributed by atoms with Gasteiger partial charge in [-0.3, -0.25) is 4.79 Å². The van der Waals surface area contributed by atoms with E-state index in [0.717, 1.165) is 19.5 Å². The Bertz CT molecular complexity index is 237. The fourth-order valence-electron chi connectivity index (χ4n) is 2.11. The molecular formula is C14H29N3O. The maximum Gasteiger partial charge on any atom is 0.234 e. The molecule has 0 spiro atoms. The Kier molecular flexibility index (Phi) is 7.28. The standard InChI is InChI=1S/C14H29N3O/c1-12(2)13(3)16-14(18)11-15-7-6-10-17-8-4-5-9-17/h12-13,15H,4-11H2,1-3H3,(H,16,18). The topological polar surface area (TPSA) is 44.4 Å². The van der Waals surface area contributed by atoms with E-state index in [9.17, 15) is 4.79 Å². The first-order valence-electron chi connectivity index (χ1n) is 7.32. The van der Waals surface area contributed by atoms with Crippen molar-refractivity contribution in [1.82, 2.24) is 15.5 Å². The number of likely N-dealkylation sites (tertiary alicyclic amines) is 1. The molecule has 1 atom stereocenters. The van der Waals surface area contributed by atoms with E-state index in [1.54, 1.807) is 0 Å². The van der Waals surface area contributed by atoms with Crippen molar-refractivity contribution >= 4 is 5.91 Å². The molecule has 1 heterocycles. The van der Waals surface area contributed by atoms with Crippen LogP contribution in [0.25, 0.3) is 0 Å². The number of nitrogens with zero attached hydrogens (tertiary/aromatic N) is 1. The molecule has 0 bridgehead atoms. The minimum atomic E-state index is 0.109. The molecule has 1 rings (SSSR count). The van der Waals surface area contributed by atoms with Crippen molar-refractivity contribution in [1.29, 1.82) is 0 Å². The Morgan fingerprint density at radius 3 is 2.50 bits per heavy atom. The lowest BCUT2D eigenvalue weighted by molar-refractivity contribution is -0.121. The molecule has 0 aromatic carbocycles. The Morgan fingerprint density at radius 2 is 1.89 bits per heavy atom. The molecule has 0 radical (unpaired) electrons. The third-order valence-corrected chi connectivity index (χ3v) is 3.70. The van der Waals surface area contributed by atoms with E-state index in [2.05, 4.69) is 36.3 Å². The van der Waals surface area contributed by atoms with Gasteiger partial charge in [-0.1, -0.05) is 13.8 Å². The lowest BCUT2D eigenvalue weighted by atomic mass is 10.1. The summed E-state index contributed by atoms with van der Waals surface area (Å²) in [6, 6.07) is 0.254. The average molecular weight is 255 g/mol. The summed E-state index contributed by atoms with van der Waals surface area (Å²) in [5.74, 6) is 0.599. The maximum absolute atomic E-state index is 11.6.